The zero-order valence-corrected chi connectivity index (χ0v) is 8.17. The van der Waals surface area contributed by atoms with Crippen LogP contribution in [0.15, 0.2) is 6.20 Å². The summed E-state index contributed by atoms with van der Waals surface area (Å²) in [6.45, 7) is 4.24. The first-order valence-electron chi connectivity index (χ1n) is 3.12. The van der Waals surface area contributed by atoms with Crippen molar-refractivity contribution in [1.82, 2.24) is 9.90 Å². The lowest BCUT2D eigenvalue weighted by Gasteiger charge is -1.86. The average molecular weight is 162 g/mol. The Hall–Kier alpha value is -0.430. The van der Waals surface area contributed by atoms with Crippen molar-refractivity contribution in [2.24, 2.45) is 7.05 Å². The summed E-state index contributed by atoms with van der Waals surface area (Å²) in [5.41, 5.74) is 1.11. The van der Waals surface area contributed by atoms with Gasteiger partial charge < -0.3 is 0 Å². The van der Waals surface area contributed by atoms with Crippen LogP contribution in [0.4, 0.5) is 0 Å². The van der Waals surface area contributed by atoms with Gasteiger partial charge in [-0.2, -0.15) is 15.0 Å². The Kier molecular flexibility index (Phi) is 3.51. The summed E-state index contributed by atoms with van der Waals surface area (Å²) in [4.78, 5) is 1.70. The van der Waals surface area contributed by atoms with Crippen molar-refractivity contribution in [3.8, 4) is 0 Å². The smallest absolute Gasteiger partial charge is 0.174 e. The summed E-state index contributed by atoms with van der Waals surface area (Å²) >= 11 is 0. The number of rotatable bonds is 1. The number of H-pyrrole nitrogens is 1. The number of aromatic nitrogens is 3. The fraction of sp³-hybridized carbons (Fsp3) is 0.667. The normalized spacial score (nSPS) is 9.60. The lowest BCUT2D eigenvalue weighted by Crippen LogP contribution is -2.13. The summed E-state index contributed by atoms with van der Waals surface area (Å²) < 4.78 is 0. The molecule has 1 aromatic heterocycles. The molecule has 0 spiro atoms. The van der Waals surface area contributed by atoms with E-state index in [1.807, 2.05) is 13.2 Å². The van der Waals surface area contributed by atoms with E-state index in [0.29, 0.717) is 5.92 Å². The molecule has 1 rings (SSSR count). The standard InChI is InChI=1S/C6H11N3.H3P.H2/c1-5(2)6-4-7-9(3)8-6;;/h4-5H,1-3H3;1H3;1H/p+1. The maximum atomic E-state index is 4.17. The van der Waals surface area contributed by atoms with Gasteiger partial charge in [-0.1, -0.05) is 18.6 Å². The maximum absolute atomic E-state index is 4.17. The van der Waals surface area contributed by atoms with Crippen molar-refractivity contribution in [1.29, 1.82) is 0 Å². The number of nitrogens with one attached hydrogen (secondary N) is 1. The van der Waals surface area contributed by atoms with Gasteiger partial charge in [-0.25, -0.2) is 0 Å². The van der Waals surface area contributed by atoms with Crippen molar-refractivity contribution in [2.45, 2.75) is 19.8 Å². The molecule has 0 saturated carbocycles. The zero-order valence-electron chi connectivity index (χ0n) is 6.76. The highest BCUT2D eigenvalue weighted by Gasteiger charge is 2.09. The van der Waals surface area contributed by atoms with E-state index in [-0.39, 0.29) is 11.3 Å². The lowest BCUT2D eigenvalue weighted by atomic mass is 10.2. The number of aromatic amines is 1. The largest absolute Gasteiger partial charge is 0.220 e. The minimum Gasteiger partial charge on any atom is -0.174 e. The van der Waals surface area contributed by atoms with E-state index >= 15 is 0 Å². The Bertz CT molecular complexity index is 199. The second-order valence-corrected chi connectivity index (χ2v) is 2.48. The van der Waals surface area contributed by atoms with E-state index in [2.05, 4.69) is 24.0 Å². The van der Waals surface area contributed by atoms with Crippen LogP contribution in [0.1, 0.15) is 26.9 Å². The van der Waals surface area contributed by atoms with Gasteiger partial charge in [0.25, 0.3) is 0 Å². The molecule has 0 fully saturated rings. The molecule has 1 atom stereocenters. The van der Waals surface area contributed by atoms with E-state index < -0.39 is 0 Å². The Morgan fingerprint density at radius 3 is 2.50 bits per heavy atom. The molecule has 60 valence electrons. The highest BCUT2D eigenvalue weighted by molar-refractivity contribution is 6.92. The van der Waals surface area contributed by atoms with Crippen LogP contribution in [-0.2, 0) is 7.05 Å². The van der Waals surface area contributed by atoms with Crippen LogP contribution in [0.25, 0.3) is 0 Å². The van der Waals surface area contributed by atoms with Crippen LogP contribution in [0.3, 0.4) is 0 Å². The fourth-order valence-corrected chi connectivity index (χ4v) is 0.673. The first-order valence-corrected chi connectivity index (χ1v) is 3.12. The van der Waals surface area contributed by atoms with Crippen LogP contribution in [0, 0.1) is 0 Å². The molecule has 1 N–H and O–H groups in total. The molecule has 0 amide bonds. The van der Waals surface area contributed by atoms with Crippen molar-refractivity contribution in [2.75, 3.05) is 0 Å². The van der Waals surface area contributed by atoms with Crippen LogP contribution in [0.5, 0.6) is 0 Å². The summed E-state index contributed by atoms with van der Waals surface area (Å²) in [7, 11) is 1.88. The third-order valence-electron chi connectivity index (χ3n) is 1.26. The van der Waals surface area contributed by atoms with Gasteiger partial charge in [0.1, 0.15) is 0 Å². The number of aryl methyl sites for hydroxylation is 1. The molecule has 0 radical (unpaired) electrons. The fourth-order valence-electron chi connectivity index (χ4n) is 0.673. The average Bonchev–Trinajstić information content (AvgIpc) is 2.14. The summed E-state index contributed by atoms with van der Waals surface area (Å²) in [5.74, 6) is 0.516. The summed E-state index contributed by atoms with van der Waals surface area (Å²) in [6.07, 6.45) is 1.92. The Morgan fingerprint density at radius 2 is 2.30 bits per heavy atom. The van der Waals surface area contributed by atoms with Gasteiger partial charge in [-0.15, -0.1) is 0 Å². The molecule has 1 unspecified atom stereocenters. The second kappa shape index (κ2) is 3.67. The lowest BCUT2D eigenvalue weighted by molar-refractivity contribution is -0.492. The van der Waals surface area contributed by atoms with Crippen molar-refractivity contribution >= 4 is 9.90 Å². The van der Waals surface area contributed by atoms with E-state index in [4.69, 9.17) is 0 Å². The van der Waals surface area contributed by atoms with Crippen LogP contribution >= 0.6 is 9.90 Å². The molecule has 3 nitrogen and oxygen atoms in total. The molecule has 0 bridgehead atoms. The van der Waals surface area contributed by atoms with Crippen LogP contribution in [0.2, 0.25) is 0 Å². The van der Waals surface area contributed by atoms with Gasteiger partial charge in [0.2, 0.25) is 5.69 Å². The molecule has 0 aliphatic carbocycles. The van der Waals surface area contributed by atoms with Gasteiger partial charge in [-0.05, 0) is 0 Å². The molecular formula is C6H17N3P+. The molecule has 0 saturated heterocycles. The third-order valence-corrected chi connectivity index (χ3v) is 1.26. The van der Waals surface area contributed by atoms with E-state index in [1.165, 1.54) is 0 Å². The van der Waals surface area contributed by atoms with Crippen molar-refractivity contribution < 1.29 is 6.53 Å². The first kappa shape index (κ1) is 9.57. The van der Waals surface area contributed by atoms with Gasteiger partial charge in [0, 0.05) is 12.4 Å². The first-order chi connectivity index (χ1) is 4.20. The quantitative estimate of drug-likeness (QED) is 0.558. The van der Waals surface area contributed by atoms with Gasteiger partial charge in [0.15, 0.2) is 6.20 Å². The highest BCUT2D eigenvalue weighted by atomic mass is 31.0. The van der Waals surface area contributed by atoms with E-state index in [0.717, 1.165) is 5.69 Å². The molecule has 0 aliphatic heterocycles. The van der Waals surface area contributed by atoms with E-state index in [1.54, 1.807) is 4.80 Å². The summed E-state index contributed by atoms with van der Waals surface area (Å²) in [5, 5.41) is 7.13. The molecule has 4 heteroatoms. The van der Waals surface area contributed by atoms with Crippen molar-refractivity contribution in [3.63, 3.8) is 0 Å². The molecule has 1 aromatic rings. The Balaban J connectivity index is 0. The number of nitrogens with zero attached hydrogens (tertiary/aromatic N) is 2. The Labute approximate surface area is 65.9 Å². The number of hydrogen-bond acceptors (Lipinski definition) is 1. The number of hydrogen-bond donors (Lipinski definition) is 0. The predicted octanol–water partition coefficient (Wildman–Crippen LogP) is 0.662. The monoisotopic (exact) mass is 162 g/mol. The van der Waals surface area contributed by atoms with Crippen LogP contribution in [-0.4, -0.2) is 9.90 Å². The third kappa shape index (κ3) is 2.07. The highest BCUT2D eigenvalue weighted by Crippen LogP contribution is 2.05. The zero-order chi connectivity index (χ0) is 6.85. The Morgan fingerprint density at radius 1 is 1.70 bits per heavy atom. The molecule has 1 heterocycles. The topological polar surface area (TPSA) is 32.0 Å². The van der Waals surface area contributed by atoms with Gasteiger partial charge in [-0.3, -0.25) is 0 Å². The molecular weight excluding hydrogens is 145 g/mol. The SMILES string of the molecule is CC(C)c1c[nH+]n(C)n1.P.[HH]. The minimum absolute atomic E-state index is 0. The molecule has 10 heavy (non-hydrogen) atoms. The van der Waals surface area contributed by atoms with Crippen molar-refractivity contribution in [3.05, 3.63) is 11.9 Å². The molecule has 0 aliphatic rings. The van der Waals surface area contributed by atoms with E-state index in [9.17, 15) is 0 Å². The van der Waals surface area contributed by atoms with Gasteiger partial charge >= 0.3 is 0 Å². The second-order valence-electron chi connectivity index (χ2n) is 2.48. The maximum Gasteiger partial charge on any atom is 0.220 e. The van der Waals surface area contributed by atoms with Gasteiger partial charge in [0.05, 0.1) is 7.05 Å². The van der Waals surface area contributed by atoms with Crippen LogP contribution < -0.4 is 5.10 Å². The summed E-state index contributed by atoms with van der Waals surface area (Å²) in [6, 6.07) is 0. The predicted molar refractivity (Wildman–Crippen MR) is 47.1 cm³/mol. The molecule has 0 aromatic carbocycles. The minimum atomic E-state index is 0.